The zero-order chi connectivity index (χ0) is 44.8. The van der Waals surface area contributed by atoms with Gasteiger partial charge in [-0.3, -0.25) is 13.8 Å². The van der Waals surface area contributed by atoms with Crippen LogP contribution in [0.3, 0.4) is 0 Å². The average Bonchev–Trinajstić information content (AvgIpc) is 3.22. The molecule has 0 aliphatic heterocycles. The van der Waals surface area contributed by atoms with Gasteiger partial charge < -0.3 is 18.9 Å². The molecule has 61 heavy (non-hydrogen) atoms. The molecule has 8 nitrogen and oxygen atoms in total. The lowest BCUT2D eigenvalue weighted by Crippen LogP contribution is -2.37. The molecule has 0 fully saturated rings. The highest BCUT2D eigenvalue weighted by Crippen LogP contribution is 2.43. The van der Waals surface area contributed by atoms with E-state index in [2.05, 4.69) is 26.0 Å². The van der Waals surface area contributed by atoms with Crippen LogP contribution in [0.4, 0.5) is 0 Å². The van der Waals surface area contributed by atoms with E-state index in [1.807, 2.05) is 21.1 Å². The van der Waals surface area contributed by atoms with E-state index in [1.54, 1.807) is 0 Å². The van der Waals surface area contributed by atoms with E-state index >= 15 is 0 Å². The van der Waals surface area contributed by atoms with Crippen molar-refractivity contribution in [2.45, 2.75) is 264 Å². The van der Waals surface area contributed by atoms with E-state index < -0.39 is 13.9 Å². The maximum Gasteiger partial charge on any atom is 0.472 e. The quantitative estimate of drug-likeness (QED) is 0.0214. The van der Waals surface area contributed by atoms with Crippen molar-refractivity contribution in [1.29, 1.82) is 0 Å². The molecule has 0 aromatic carbocycles. The molecule has 0 amide bonds. The van der Waals surface area contributed by atoms with E-state index in [0.717, 1.165) is 32.1 Å². The number of allylic oxidation sites excluding steroid dienone is 2. The molecule has 0 saturated heterocycles. The Morgan fingerprint density at radius 1 is 0.492 bits per heavy atom. The highest BCUT2D eigenvalue weighted by molar-refractivity contribution is 7.47. The van der Waals surface area contributed by atoms with Gasteiger partial charge in [-0.2, -0.15) is 0 Å². The first-order chi connectivity index (χ1) is 29.6. The number of nitrogens with zero attached hydrogens (tertiary/aromatic N) is 1. The van der Waals surface area contributed by atoms with E-state index in [-0.39, 0.29) is 25.8 Å². The minimum absolute atomic E-state index is 0.0917. The number of carbonyl (C=O) groups excluding carboxylic acids is 1. The molecule has 0 spiro atoms. The number of quaternary nitrogens is 1. The van der Waals surface area contributed by atoms with Gasteiger partial charge in [-0.15, -0.1) is 0 Å². The van der Waals surface area contributed by atoms with E-state index in [0.29, 0.717) is 24.1 Å². The number of phosphoric acid groups is 1. The summed E-state index contributed by atoms with van der Waals surface area (Å²) in [5.74, 6) is -0.308. The molecule has 0 heterocycles. The van der Waals surface area contributed by atoms with E-state index in [9.17, 15) is 14.3 Å². The molecule has 0 aliphatic rings. The Bertz CT molecular complexity index is 987. The summed E-state index contributed by atoms with van der Waals surface area (Å²) in [6.45, 7) is 5.68. The van der Waals surface area contributed by atoms with E-state index in [4.69, 9.17) is 18.5 Å². The molecule has 1 N–H and O–H groups in total. The SMILES string of the molecule is CCCCCCCCC/C=C\CCCCCCCCCCOCC(COP(=O)(O)OCC[N+](C)(C)C)OC(=O)CCCCCCCCCCCCCCCCCCCCCC. The Morgan fingerprint density at radius 3 is 1.25 bits per heavy atom. The van der Waals surface area contributed by atoms with Crippen LogP contribution in [0.2, 0.25) is 0 Å². The number of likely N-dealkylation sites (N-methyl/N-ethyl adjacent to an activating group) is 1. The predicted octanol–water partition coefficient (Wildman–Crippen LogP) is 16.2. The van der Waals surface area contributed by atoms with Crippen LogP contribution in [0.1, 0.15) is 258 Å². The number of hydrogen-bond acceptors (Lipinski definition) is 6. The summed E-state index contributed by atoms with van der Waals surface area (Å²) >= 11 is 0. The van der Waals surface area contributed by atoms with Gasteiger partial charge in [0.25, 0.3) is 0 Å². The molecule has 0 aromatic rings. The topological polar surface area (TPSA) is 91.3 Å². The smallest absolute Gasteiger partial charge is 0.457 e. The number of hydrogen-bond donors (Lipinski definition) is 1. The second kappa shape index (κ2) is 45.8. The van der Waals surface area contributed by atoms with Gasteiger partial charge in [0.1, 0.15) is 19.3 Å². The Kier molecular flexibility index (Phi) is 45.2. The summed E-state index contributed by atoms with van der Waals surface area (Å²) in [7, 11) is 1.68. The number of phosphoric ester groups is 1. The highest BCUT2D eigenvalue weighted by atomic mass is 31.2. The number of ether oxygens (including phenoxy) is 2. The molecule has 0 aromatic heterocycles. The summed E-state index contributed by atoms with van der Waals surface area (Å²) in [5.41, 5.74) is 0. The minimum Gasteiger partial charge on any atom is -0.457 e. The van der Waals surface area contributed by atoms with Gasteiger partial charge in [0.05, 0.1) is 34.4 Å². The van der Waals surface area contributed by atoms with Crippen LogP contribution in [-0.4, -0.2) is 75.6 Å². The molecule has 2 atom stereocenters. The Balaban J connectivity index is 4.09. The maximum atomic E-state index is 12.8. The molecular weight excluding hydrogens is 782 g/mol. The Labute approximate surface area is 380 Å². The van der Waals surface area contributed by atoms with Crippen LogP contribution in [0, 0.1) is 0 Å². The standard InChI is InChI=1S/C52H104NO7P/c1-6-8-10-12-14-16-18-20-22-24-26-27-29-31-33-35-37-39-41-43-45-52(54)60-51(50-59-61(55,56)58-48-46-53(3,4)5)49-57-47-44-42-40-38-36-34-32-30-28-25-23-21-19-17-15-13-11-9-7-2/h23,25,51H,6-22,24,26-50H2,1-5H3/p+1/b25-23-. The van der Waals surface area contributed by atoms with Crippen molar-refractivity contribution in [1.82, 2.24) is 0 Å². The largest absolute Gasteiger partial charge is 0.472 e. The second-order valence-electron chi connectivity index (χ2n) is 19.3. The lowest BCUT2D eigenvalue weighted by Gasteiger charge is -2.24. The number of rotatable bonds is 50. The molecule has 2 unspecified atom stereocenters. The summed E-state index contributed by atoms with van der Waals surface area (Å²) in [5, 5.41) is 0. The molecule has 0 bridgehead atoms. The minimum atomic E-state index is -4.28. The third-order valence-electron chi connectivity index (χ3n) is 11.8. The third kappa shape index (κ3) is 50.1. The zero-order valence-electron chi connectivity index (χ0n) is 41.4. The zero-order valence-corrected chi connectivity index (χ0v) is 42.3. The fourth-order valence-corrected chi connectivity index (χ4v) is 8.47. The Hall–Kier alpha value is -0.760. The van der Waals surface area contributed by atoms with Crippen LogP contribution in [0.25, 0.3) is 0 Å². The van der Waals surface area contributed by atoms with Gasteiger partial charge in [-0.05, 0) is 38.5 Å². The number of unbranched alkanes of at least 4 members (excludes halogenated alkanes) is 34. The van der Waals surface area contributed by atoms with Gasteiger partial charge in [0.2, 0.25) is 0 Å². The van der Waals surface area contributed by atoms with Crippen molar-refractivity contribution < 1.29 is 37.3 Å². The van der Waals surface area contributed by atoms with Gasteiger partial charge in [0, 0.05) is 13.0 Å². The maximum absolute atomic E-state index is 12.8. The van der Waals surface area contributed by atoms with Crippen molar-refractivity contribution in [3.8, 4) is 0 Å². The summed E-state index contributed by atoms with van der Waals surface area (Å²) in [6.07, 6.45) is 52.6. The monoisotopic (exact) mass is 887 g/mol. The van der Waals surface area contributed by atoms with Gasteiger partial charge in [-0.1, -0.05) is 225 Å². The van der Waals surface area contributed by atoms with Crippen molar-refractivity contribution in [2.24, 2.45) is 0 Å². The number of esters is 1. The first-order valence-electron chi connectivity index (χ1n) is 26.4. The van der Waals surface area contributed by atoms with Crippen LogP contribution in [-0.2, 0) is 27.9 Å². The normalized spacial score (nSPS) is 13.6. The molecule has 0 aliphatic carbocycles. The van der Waals surface area contributed by atoms with Crippen molar-refractivity contribution in [3.63, 3.8) is 0 Å². The third-order valence-corrected chi connectivity index (χ3v) is 12.8. The van der Waals surface area contributed by atoms with Crippen molar-refractivity contribution in [2.75, 3.05) is 54.1 Å². The van der Waals surface area contributed by atoms with Crippen LogP contribution in [0.15, 0.2) is 12.2 Å². The molecule has 0 saturated carbocycles. The van der Waals surface area contributed by atoms with Crippen molar-refractivity contribution >= 4 is 13.8 Å². The summed E-state index contributed by atoms with van der Waals surface area (Å²) in [6, 6.07) is 0. The van der Waals surface area contributed by atoms with Gasteiger partial charge in [-0.25, -0.2) is 4.57 Å². The van der Waals surface area contributed by atoms with E-state index in [1.165, 1.54) is 205 Å². The van der Waals surface area contributed by atoms with Gasteiger partial charge in [0.15, 0.2) is 0 Å². The summed E-state index contributed by atoms with van der Waals surface area (Å²) < 4.78 is 35.2. The molecule has 0 rings (SSSR count). The lowest BCUT2D eigenvalue weighted by molar-refractivity contribution is -0.870. The van der Waals surface area contributed by atoms with Crippen LogP contribution in [0.5, 0.6) is 0 Å². The van der Waals surface area contributed by atoms with Crippen LogP contribution >= 0.6 is 7.82 Å². The van der Waals surface area contributed by atoms with Gasteiger partial charge >= 0.3 is 13.8 Å². The first kappa shape index (κ1) is 60.2. The first-order valence-corrected chi connectivity index (χ1v) is 27.9. The summed E-state index contributed by atoms with van der Waals surface area (Å²) in [4.78, 5) is 23.0. The molecule has 364 valence electrons. The second-order valence-corrected chi connectivity index (χ2v) is 20.7. The lowest BCUT2D eigenvalue weighted by atomic mass is 10.0. The fourth-order valence-electron chi connectivity index (χ4n) is 7.73. The number of carbonyl (C=O) groups is 1. The Morgan fingerprint density at radius 2 is 0.852 bits per heavy atom. The average molecular weight is 887 g/mol. The fraction of sp³-hybridized carbons (Fsp3) is 0.942. The predicted molar refractivity (Wildman–Crippen MR) is 261 cm³/mol. The molecular formula is C52H105NO7P+. The van der Waals surface area contributed by atoms with Crippen molar-refractivity contribution in [3.05, 3.63) is 12.2 Å². The van der Waals surface area contributed by atoms with Crippen LogP contribution < -0.4 is 0 Å². The molecule has 0 radical (unpaired) electrons. The molecule has 9 heteroatoms. The highest BCUT2D eigenvalue weighted by Gasteiger charge is 2.26.